The van der Waals surface area contributed by atoms with Gasteiger partial charge in [0.1, 0.15) is 17.2 Å². The Morgan fingerprint density at radius 2 is 2.04 bits per heavy atom. The maximum atomic E-state index is 13.4. The van der Waals surface area contributed by atoms with Gasteiger partial charge in [0.2, 0.25) is 5.91 Å². The molecule has 0 unspecified atom stereocenters. The zero-order valence-corrected chi connectivity index (χ0v) is 15.0. The zero-order chi connectivity index (χ0) is 18.2. The number of nitrogens with one attached hydrogen (secondary N) is 2. The van der Waals surface area contributed by atoms with E-state index in [0.717, 1.165) is 11.8 Å². The molecule has 25 heavy (non-hydrogen) atoms. The van der Waals surface area contributed by atoms with Crippen molar-refractivity contribution >= 4 is 26.7 Å². The molecule has 8 heteroatoms. The van der Waals surface area contributed by atoms with Crippen molar-refractivity contribution in [3.63, 3.8) is 0 Å². The molecule has 1 aromatic carbocycles. The van der Waals surface area contributed by atoms with E-state index in [2.05, 4.69) is 10.6 Å². The van der Waals surface area contributed by atoms with E-state index in [1.807, 2.05) is 0 Å². The van der Waals surface area contributed by atoms with Crippen LogP contribution in [0.2, 0.25) is 0 Å². The van der Waals surface area contributed by atoms with Crippen LogP contribution in [0.25, 0.3) is 11.0 Å². The summed E-state index contributed by atoms with van der Waals surface area (Å²) in [5, 5.41) is 6.42. The van der Waals surface area contributed by atoms with Crippen molar-refractivity contribution in [3.05, 3.63) is 35.3 Å². The molecular weight excluding hydrogens is 347 g/mol. The Hall–Kier alpha value is -1.93. The van der Waals surface area contributed by atoms with E-state index in [0.29, 0.717) is 29.8 Å². The normalized spacial score (nSPS) is 17.6. The lowest BCUT2D eigenvalue weighted by molar-refractivity contribution is -0.124. The first-order valence-electron chi connectivity index (χ1n) is 8.11. The summed E-state index contributed by atoms with van der Waals surface area (Å²) in [5.74, 6) is -0.383. The third-order valence-corrected chi connectivity index (χ3v) is 6.95. The Balaban J connectivity index is 1.83. The number of aryl methyl sites for hydroxylation is 1. The van der Waals surface area contributed by atoms with Crippen molar-refractivity contribution in [1.29, 1.82) is 0 Å². The number of benzene rings is 1. The number of hydrogen-bond acceptors (Lipinski definition) is 5. The van der Waals surface area contributed by atoms with E-state index in [9.17, 15) is 17.6 Å². The van der Waals surface area contributed by atoms with Crippen LogP contribution in [0.4, 0.5) is 4.39 Å². The van der Waals surface area contributed by atoms with Crippen molar-refractivity contribution in [2.45, 2.75) is 31.1 Å². The van der Waals surface area contributed by atoms with E-state index >= 15 is 0 Å². The molecule has 0 bridgehead atoms. The number of piperidine rings is 1. The van der Waals surface area contributed by atoms with Gasteiger partial charge in [0.25, 0.3) is 0 Å². The molecule has 6 nitrogen and oxygen atoms in total. The van der Waals surface area contributed by atoms with Gasteiger partial charge < -0.3 is 15.1 Å². The maximum absolute atomic E-state index is 13.4. The summed E-state index contributed by atoms with van der Waals surface area (Å²) in [5.41, 5.74) is 1.26. The summed E-state index contributed by atoms with van der Waals surface area (Å²) in [7, 11) is -3.56. The minimum Gasteiger partial charge on any atom is -0.459 e. The Morgan fingerprint density at radius 1 is 1.36 bits per heavy atom. The van der Waals surface area contributed by atoms with Crippen LogP contribution in [0.5, 0.6) is 0 Å². The van der Waals surface area contributed by atoms with Crippen molar-refractivity contribution in [3.8, 4) is 0 Å². The fourth-order valence-electron chi connectivity index (χ4n) is 3.33. The Morgan fingerprint density at radius 3 is 2.68 bits per heavy atom. The average Bonchev–Trinajstić information content (AvgIpc) is 2.88. The monoisotopic (exact) mass is 368 g/mol. The number of hydrogen-bond donors (Lipinski definition) is 2. The molecular formula is C17H21FN2O4S. The first-order valence-corrected chi connectivity index (χ1v) is 10.00. The molecule has 2 heterocycles. The van der Waals surface area contributed by atoms with Crippen LogP contribution in [0.15, 0.2) is 22.6 Å². The molecule has 0 spiro atoms. The summed E-state index contributed by atoms with van der Waals surface area (Å²) in [4.78, 5) is 12.7. The molecule has 2 aromatic rings. The highest BCUT2D eigenvalue weighted by Crippen LogP contribution is 2.29. The summed E-state index contributed by atoms with van der Waals surface area (Å²) < 4.78 is 42.1. The number of rotatable bonds is 4. The zero-order valence-electron chi connectivity index (χ0n) is 14.2. The Kier molecular flexibility index (Phi) is 4.59. The quantitative estimate of drug-likeness (QED) is 0.857. The number of halogens is 1. The van der Waals surface area contributed by atoms with Crippen LogP contribution < -0.4 is 10.6 Å². The minimum atomic E-state index is -3.56. The number of carbonyl (C=O) groups excluding carboxylic acids is 1. The van der Waals surface area contributed by atoms with Gasteiger partial charge in [-0.15, -0.1) is 0 Å². The Labute approximate surface area is 145 Å². The van der Waals surface area contributed by atoms with Crippen LogP contribution >= 0.6 is 0 Å². The highest BCUT2D eigenvalue weighted by Gasteiger charge is 2.48. The molecule has 1 fully saturated rings. The molecule has 1 aromatic heterocycles. The van der Waals surface area contributed by atoms with E-state index in [1.54, 1.807) is 6.92 Å². The lowest BCUT2D eigenvalue weighted by Crippen LogP contribution is -2.57. The van der Waals surface area contributed by atoms with Crippen LogP contribution in [-0.4, -0.2) is 38.4 Å². The van der Waals surface area contributed by atoms with Gasteiger partial charge in [-0.2, -0.15) is 0 Å². The summed E-state index contributed by atoms with van der Waals surface area (Å²) >= 11 is 0. The molecule has 0 aliphatic carbocycles. The lowest BCUT2D eigenvalue weighted by atomic mass is 9.96. The largest absolute Gasteiger partial charge is 0.459 e. The molecule has 0 radical (unpaired) electrons. The summed E-state index contributed by atoms with van der Waals surface area (Å²) in [6.07, 6.45) is 1.58. The van der Waals surface area contributed by atoms with Crippen LogP contribution in [0.1, 0.15) is 24.2 Å². The third kappa shape index (κ3) is 3.16. The second-order valence-corrected chi connectivity index (χ2v) is 8.82. The van der Waals surface area contributed by atoms with Crippen molar-refractivity contribution in [2.75, 3.05) is 19.3 Å². The van der Waals surface area contributed by atoms with Crippen molar-refractivity contribution < 1.29 is 22.0 Å². The van der Waals surface area contributed by atoms with Crippen molar-refractivity contribution in [2.24, 2.45) is 0 Å². The topological polar surface area (TPSA) is 88.4 Å². The van der Waals surface area contributed by atoms with Gasteiger partial charge in [0, 0.05) is 17.2 Å². The number of sulfone groups is 1. The number of fused-ring (bicyclic) bond motifs is 1. The van der Waals surface area contributed by atoms with Gasteiger partial charge >= 0.3 is 0 Å². The molecule has 1 amide bonds. The van der Waals surface area contributed by atoms with Crippen LogP contribution in [0, 0.1) is 12.7 Å². The van der Waals surface area contributed by atoms with Crippen LogP contribution in [-0.2, 0) is 21.2 Å². The first kappa shape index (κ1) is 17.9. The smallest absolute Gasteiger partial charge is 0.241 e. The maximum Gasteiger partial charge on any atom is 0.241 e. The summed E-state index contributed by atoms with van der Waals surface area (Å²) in [6, 6.07) is 4.22. The van der Waals surface area contributed by atoms with Gasteiger partial charge in [-0.1, -0.05) is 0 Å². The summed E-state index contributed by atoms with van der Waals surface area (Å²) in [6.45, 7) is 2.79. The van der Waals surface area contributed by atoms with E-state index in [1.165, 1.54) is 18.2 Å². The predicted molar refractivity (Wildman–Crippen MR) is 92.4 cm³/mol. The molecule has 1 aliphatic rings. The molecule has 1 aliphatic heterocycles. The molecule has 2 N–H and O–H groups in total. The van der Waals surface area contributed by atoms with Gasteiger partial charge in [-0.05, 0) is 51.1 Å². The number of amides is 1. The molecule has 1 saturated heterocycles. The number of carbonyl (C=O) groups is 1. The highest BCUT2D eigenvalue weighted by atomic mass is 32.2. The van der Waals surface area contributed by atoms with E-state index in [-0.39, 0.29) is 25.2 Å². The SMILES string of the molecule is Cc1c(CNC(=O)C2(S(C)(=O)=O)CCNCC2)oc2ccc(F)cc12. The van der Waals surface area contributed by atoms with Gasteiger partial charge in [0.15, 0.2) is 14.6 Å². The first-order chi connectivity index (χ1) is 11.7. The number of furan rings is 1. The Bertz CT molecular complexity index is 914. The van der Waals surface area contributed by atoms with Gasteiger partial charge in [0.05, 0.1) is 6.54 Å². The van der Waals surface area contributed by atoms with E-state index < -0.39 is 20.5 Å². The van der Waals surface area contributed by atoms with Gasteiger partial charge in [-0.25, -0.2) is 12.8 Å². The molecule has 0 saturated carbocycles. The van der Waals surface area contributed by atoms with Crippen LogP contribution in [0.3, 0.4) is 0 Å². The molecule has 0 atom stereocenters. The second-order valence-electron chi connectivity index (χ2n) is 6.49. The average molecular weight is 368 g/mol. The van der Waals surface area contributed by atoms with E-state index in [4.69, 9.17) is 4.42 Å². The van der Waals surface area contributed by atoms with Crippen molar-refractivity contribution in [1.82, 2.24) is 10.6 Å². The highest BCUT2D eigenvalue weighted by molar-refractivity contribution is 7.92. The molecule has 3 rings (SSSR count). The fourth-order valence-corrected chi connectivity index (χ4v) is 4.69. The predicted octanol–water partition coefficient (Wildman–Crippen LogP) is 1.66. The van der Waals surface area contributed by atoms with Gasteiger partial charge in [-0.3, -0.25) is 4.79 Å². The fraction of sp³-hybridized carbons (Fsp3) is 0.471. The minimum absolute atomic E-state index is 0.0612. The lowest BCUT2D eigenvalue weighted by Gasteiger charge is -2.34. The second kappa shape index (κ2) is 6.42. The third-order valence-electron chi connectivity index (χ3n) is 4.94. The standard InChI is InChI=1S/C17H21FN2O4S/c1-11-13-9-12(18)3-4-14(13)24-15(11)10-20-16(21)17(25(2,22)23)5-7-19-8-6-17/h3-4,9,19H,5-8,10H2,1-2H3,(H,20,21). The molecule has 136 valence electrons.